The maximum absolute atomic E-state index is 9.48. The minimum atomic E-state index is 0.259. The number of aliphatic hydroxyl groups is 1. The van der Waals surface area contributed by atoms with E-state index in [0.29, 0.717) is 17.9 Å². The quantitative estimate of drug-likeness (QED) is 0.546. The van der Waals surface area contributed by atoms with Crippen molar-refractivity contribution in [2.24, 2.45) is 5.92 Å². The third-order valence-corrected chi connectivity index (χ3v) is 6.32. The summed E-state index contributed by atoms with van der Waals surface area (Å²) in [5.74, 6) is 1.88. The molecule has 1 saturated carbocycles. The predicted octanol–water partition coefficient (Wildman–Crippen LogP) is 4.46. The summed E-state index contributed by atoms with van der Waals surface area (Å²) in [6.45, 7) is 5.25. The number of fused-ring (bicyclic) bond motifs is 1. The van der Waals surface area contributed by atoms with E-state index in [1.165, 1.54) is 0 Å². The van der Waals surface area contributed by atoms with E-state index < -0.39 is 0 Å². The summed E-state index contributed by atoms with van der Waals surface area (Å²) in [5, 5.41) is 17.4. The molecule has 0 spiro atoms. The van der Waals surface area contributed by atoms with Gasteiger partial charge in [-0.25, -0.2) is 9.97 Å². The Bertz CT molecular complexity index is 924. The van der Waals surface area contributed by atoms with Crippen LogP contribution in [0.15, 0.2) is 24.3 Å². The van der Waals surface area contributed by atoms with E-state index in [2.05, 4.69) is 28.6 Å². The molecule has 3 N–H and O–H groups in total. The highest BCUT2D eigenvalue weighted by atomic mass is 32.1. The Morgan fingerprint density at radius 3 is 2.79 bits per heavy atom. The molecule has 0 saturated heterocycles. The van der Waals surface area contributed by atoms with Crippen LogP contribution in [0.25, 0.3) is 20.8 Å². The summed E-state index contributed by atoms with van der Waals surface area (Å²) in [4.78, 5) is 14.3. The lowest BCUT2D eigenvalue weighted by Crippen LogP contribution is -2.19. The topological polar surface area (TPSA) is 83.0 Å². The van der Waals surface area contributed by atoms with E-state index in [-0.39, 0.29) is 6.61 Å². The van der Waals surface area contributed by atoms with Crippen LogP contribution in [0.5, 0.6) is 0 Å². The Labute approximate surface area is 169 Å². The van der Waals surface area contributed by atoms with Crippen LogP contribution in [-0.4, -0.2) is 39.3 Å². The molecule has 4 rings (SSSR count). The highest BCUT2D eigenvalue weighted by Gasteiger charge is 2.26. The standard InChI is InChI=1S/C21H27N5OS/c1-3-10-22-21-23-13(2)18(20-25-16-6-4-5-7-17(16)28-20)19(26-21)24-15-9-8-14(11-15)12-27/h4-7,14-15,27H,3,8-12H2,1-2H3,(H2,22,23,24,26)/t14-,15+/m1/s1. The van der Waals surface area contributed by atoms with Crippen molar-refractivity contribution in [3.8, 4) is 10.6 Å². The molecular formula is C21H27N5OS. The van der Waals surface area contributed by atoms with Gasteiger partial charge >= 0.3 is 0 Å². The third-order valence-electron chi connectivity index (χ3n) is 5.27. The van der Waals surface area contributed by atoms with Gasteiger partial charge in [0.2, 0.25) is 5.95 Å². The van der Waals surface area contributed by atoms with Gasteiger partial charge < -0.3 is 15.7 Å². The molecule has 2 aromatic heterocycles. The first-order valence-corrected chi connectivity index (χ1v) is 10.9. The second-order valence-electron chi connectivity index (χ2n) is 7.47. The van der Waals surface area contributed by atoms with Gasteiger partial charge in [-0.15, -0.1) is 11.3 Å². The van der Waals surface area contributed by atoms with Crippen LogP contribution in [0.1, 0.15) is 38.3 Å². The van der Waals surface area contributed by atoms with E-state index in [1.807, 2.05) is 25.1 Å². The Balaban J connectivity index is 1.72. The van der Waals surface area contributed by atoms with Crippen LogP contribution < -0.4 is 10.6 Å². The minimum Gasteiger partial charge on any atom is -0.396 e. The van der Waals surface area contributed by atoms with Crippen LogP contribution in [0, 0.1) is 12.8 Å². The molecule has 0 bridgehead atoms. The number of aromatic nitrogens is 3. The summed E-state index contributed by atoms with van der Waals surface area (Å²) in [7, 11) is 0. The van der Waals surface area contributed by atoms with E-state index in [4.69, 9.17) is 9.97 Å². The highest BCUT2D eigenvalue weighted by molar-refractivity contribution is 7.21. The maximum atomic E-state index is 9.48. The van der Waals surface area contributed by atoms with E-state index >= 15 is 0 Å². The second-order valence-corrected chi connectivity index (χ2v) is 8.50. The van der Waals surface area contributed by atoms with Gasteiger partial charge in [0.15, 0.2) is 0 Å². The molecule has 148 valence electrons. The third kappa shape index (κ3) is 3.95. The van der Waals surface area contributed by atoms with Crippen LogP contribution in [0.4, 0.5) is 11.8 Å². The number of thiazole rings is 1. The molecule has 1 aromatic carbocycles. The molecule has 0 amide bonds. The molecule has 28 heavy (non-hydrogen) atoms. The zero-order valence-electron chi connectivity index (χ0n) is 16.4. The van der Waals surface area contributed by atoms with Crippen LogP contribution in [0.3, 0.4) is 0 Å². The Hall–Kier alpha value is -2.25. The first kappa shape index (κ1) is 19.1. The fraction of sp³-hybridized carbons (Fsp3) is 0.476. The molecule has 3 aromatic rings. The molecule has 6 nitrogen and oxygen atoms in total. The number of nitrogens with one attached hydrogen (secondary N) is 2. The van der Waals surface area contributed by atoms with Crippen molar-refractivity contribution in [2.75, 3.05) is 23.8 Å². The molecule has 1 aliphatic carbocycles. The molecule has 2 atom stereocenters. The Morgan fingerprint density at radius 2 is 2.04 bits per heavy atom. The van der Waals surface area contributed by atoms with Gasteiger partial charge in [-0.2, -0.15) is 4.98 Å². The first-order valence-electron chi connectivity index (χ1n) is 10.0. The van der Waals surface area contributed by atoms with Gasteiger partial charge in [-0.3, -0.25) is 0 Å². The van der Waals surface area contributed by atoms with Gasteiger partial charge in [0.1, 0.15) is 10.8 Å². The zero-order chi connectivity index (χ0) is 19.5. The van der Waals surface area contributed by atoms with Gasteiger partial charge in [0, 0.05) is 19.2 Å². The summed E-state index contributed by atoms with van der Waals surface area (Å²) in [6, 6.07) is 8.51. The van der Waals surface area contributed by atoms with E-state index in [1.54, 1.807) is 11.3 Å². The summed E-state index contributed by atoms with van der Waals surface area (Å²) in [5.41, 5.74) is 2.91. The number of aryl methyl sites for hydroxylation is 1. The number of aliphatic hydroxyl groups excluding tert-OH is 1. The fourth-order valence-corrected chi connectivity index (χ4v) is 4.86. The number of hydrogen-bond acceptors (Lipinski definition) is 7. The van der Waals surface area contributed by atoms with Gasteiger partial charge in [-0.05, 0) is 50.7 Å². The highest BCUT2D eigenvalue weighted by Crippen LogP contribution is 2.37. The number of hydrogen-bond donors (Lipinski definition) is 3. The largest absolute Gasteiger partial charge is 0.396 e. The van der Waals surface area contributed by atoms with E-state index in [9.17, 15) is 5.11 Å². The summed E-state index contributed by atoms with van der Waals surface area (Å²) >= 11 is 1.67. The molecule has 0 unspecified atom stereocenters. The molecule has 1 fully saturated rings. The van der Waals surface area contributed by atoms with Crippen molar-refractivity contribution >= 4 is 33.3 Å². The zero-order valence-corrected chi connectivity index (χ0v) is 17.2. The van der Waals surface area contributed by atoms with Crippen molar-refractivity contribution in [1.29, 1.82) is 0 Å². The SMILES string of the molecule is CCCNc1nc(C)c(-c2nc3ccccc3s2)c(N[C@H]2CC[C@@H](CO)C2)n1. The minimum absolute atomic E-state index is 0.259. The molecule has 1 aliphatic rings. The summed E-state index contributed by atoms with van der Waals surface area (Å²) in [6.07, 6.45) is 4.09. The first-order chi connectivity index (χ1) is 13.7. The van der Waals surface area contributed by atoms with Crippen molar-refractivity contribution < 1.29 is 5.11 Å². The van der Waals surface area contributed by atoms with Crippen LogP contribution in [-0.2, 0) is 0 Å². The smallest absolute Gasteiger partial charge is 0.224 e. The van der Waals surface area contributed by atoms with Crippen molar-refractivity contribution in [3.05, 3.63) is 30.0 Å². The lowest BCUT2D eigenvalue weighted by Gasteiger charge is -2.18. The lowest BCUT2D eigenvalue weighted by molar-refractivity contribution is 0.229. The Morgan fingerprint density at radius 1 is 1.18 bits per heavy atom. The fourth-order valence-electron chi connectivity index (χ4n) is 3.79. The average molecular weight is 398 g/mol. The molecular weight excluding hydrogens is 370 g/mol. The molecule has 0 aliphatic heterocycles. The maximum Gasteiger partial charge on any atom is 0.224 e. The van der Waals surface area contributed by atoms with Crippen LogP contribution in [0.2, 0.25) is 0 Å². The monoisotopic (exact) mass is 397 g/mol. The van der Waals surface area contributed by atoms with Crippen LogP contribution >= 0.6 is 11.3 Å². The molecule has 0 radical (unpaired) electrons. The molecule has 7 heteroatoms. The van der Waals surface area contributed by atoms with Gasteiger partial charge in [0.25, 0.3) is 0 Å². The lowest BCUT2D eigenvalue weighted by atomic mass is 10.1. The molecule has 2 heterocycles. The summed E-state index contributed by atoms with van der Waals surface area (Å²) < 4.78 is 1.16. The number of nitrogens with zero attached hydrogens (tertiary/aromatic N) is 3. The number of rotatable bonds is 7. The average Bonchev–Trinajstić information content (AvgIpc) is 3.32. The Kier molecular flexibility index (Phi) is 5.73. The van der Waals surface area contributed by atoms with Crippen molar-refractivity contribution in [1.82, 2.24) is 15.0 Å². The number of benzene rings is 1. The van der Waals surface area contributed by atoms with E-state index in [0.717, 1.165) is 64.5 Å². The predicted molar refractivity (Wildman–Crippen MR) is 116 cm³/mol. The normalized spacial score (nSPS) is 19.2. The van der Waals surface area contributed by atoms with Crippen molar-refractivity contribution in [3.63, 3.8) is 0 Å². The van der Waals surface area contributed by atoms with Gasteiger partial charge in [-0.1, -0.05) is 19.1 Å². The number of para-hydroxylation sites is 1. The number of anilines is 2. The van der Waals surface area contributed by atoms with Gasteiger partial charge in [0.05, 0.1) is 21.5 Å². The second kappa shape index (κ2) is 8.41. The van der Waals surface area contributed by atoms with Crippen molar-refractivity contribution in [2.45, 2.75) is 45.6 Å².